The Hall–Kier alpha value is -2.42. The highest BCUT2D eigenvalue weighted by Crippen LogP contribution is 2.15. The summed E-state index contributed by atoms with van der Waals surface area (Å²) in [4.78, 5) is 21.8. The largest absolute Gasteiger partial charge is 0.398 e. The van der Waals surface area contributed by atoms with Crippen LogP contribution in [-0.2, 0) is 4.79 Å². The van der Waals surface area contributed by atoms with Gasteiger partial charge in [-0.15, -0.1) is 0 Å². The van der Waals surface area contributed by atoms with Crippen LogP contribution in [0.25, 0.3) is 0 Å². The Morgan fingerprint density at radius 1 is 0.950 bits per heavy atom. The highest BCUT2D eigenvalue weighted by atomic mass is 16.1. The maximum atomic E-state index is 12.0. The first-order chi connectivity index (χ1) is 9.56. The normalized spacial score (nSPS) is 9.30. The van der Waals surface area contributed by atoms with Crippen molar-refractivity contribution in [3.05, 3.63) is 65.7 Å². The van der Waals surface area contributed by atoms with Gasteiger partial charge in [-0.3, -0.25) is 4.79 Å². The molecule has 0 spiro atoms. The van der Waals surface area contributed by atoms with Gasteiger partial charge in [-0.25, -0.2) is 0 Å². The molecule has 0 saturated heterocycles. The van der Waals surface area contributed by atoms with Crippen LogP contribution in [0.5, 0.6) is 0 Å². The van der Waals surface area contributed by atoms with Crippen LogP contribution in [0, 0.1) is 0 Å². The van der Waals surface area contributed by atoms with E-state index in [1.165, 1.54) is 0 Å². The summed E-state index contributed by atoms with van der Waals surface area (Å²) in [5.74, 6) is 0.221. The van der Waals surface area contributed by atoms with Gasteiger partial charge in [0.25, 0.3) is 0 Å². The maximum Gasteiger partial charge on any atom is 0.195 e. The van der Waals surface area contributed by atoms with Crippen molar-refractivity contribution in [3.8, 4) is 0 Å². The smallest absolute Gasteiger partial charge is 0.195 e. The third-order valence-corrected chi connectivity index (χ3v) is 2.74. The molecule has 0 saturated carbocycles. The fourth-order valence-electron chi connectivity index (χ4n) is 1.45. The molecule has 2 aromatic carbocycles. The number of carbonyl (C=O) groups is 2. The quantitative estimate of drug-likeness (QED) is 0.685. The van der Waals surface area contributed by atoms with Crippen molar-refractivity contribution in [3.63, 3.8) is 0 Å². The molecule has 2 N–H and O–H groups in total. The zero-order chi connectivity index (χ0) is 15.0. The van der Waals surface area contributed by atoms with E-state index in [4.69, 9.17) is 5.73 Å². The first kappa shape index (κ1) is 15.6. The minimum absolute atomic E-state index is 0.0336. The highest BCUT2D eigenvalue weighted by molar-refractivity contribution is 6.11. The number of anilines is 1. The lowest BCUT2D eigenvalue weighted by Gasteiger charge is -2.03. The van der Waals surface area contributed by atoms with Gasteiger partial charge in [0.05, 0.1) is 0 Å². The first-order valence-corrected chi connectivity index (χ1v) is 6.50. The number of nitrogen functional groups attached to an aromatic ring is 1. The SMILES string of the molecule is CCC(C)=O.Nc1ccccc1C(=O)c1ccccc1. The molecule has 2 aromatic rings. The predicted octanol–water partition coefficient (Wildman–Crippen LogP) is 3.49. The number of carbonyl (C=O) groups excluding carboxylic acids is 2. The van der Waals surface area contributed by atoms with Gasteiger partial charge in [-0.2, -0.15) is 0 Å². The van der Waals surface area contributed by atoms with Gasteiger partial charge in [-0.05, 0) is 19.1 Å². The van der Waals surface area contributed by atoms with E-state index in [0.29, 0.717) is 23.2 Å². The Bertz CT molecular complexity index is 577. The van der Waals surface area contributed by atoms with E-state index in [9.17, 15) is 9.59 Å². The Morgan fingerprint density at radius 2 is 1.45 bits per heavy atom. The number of rotatable bonds is 3. The molecule has 3 heteroatoms. The van der Waals surface area contributed by atoms with E-state index in [1.807, 2.05) is 37.3 Å². The summed E-state index contributed by atoms with van der Waals surface area (Å²) in [5, 5.41) is 0. The van der Waals surface area contributed by atoms with E-state index in [-0.39, 0.29) is 11.6 Å². The summed E-state index contributed by atoms with van der Waals surface area (Å²) >= 11 is 0. The Kier molecular flexibility index (Phi) is 6.17. The van der Waals surface area contributed by atoms with Crippen molar-refractivity contribution < 1.29 is 9.59 Å². The summed E-state index contributed by atoms with van der Waals surface area (Å²) in [6.07, 6.45) is 0.667. The van der Waals surface area contributed by atoms with Crippen molar-refractivity contribution in [2.75, 3.05) is 5.73 Å². The van der Waals surface area contributed by atoms with Crippen LogP contribution < -0.4 is 5.73 Å². The highest BCUT2D eigenvalue weighted by Gasteiger charge is 2.10. The minimum Gasteiger partial charge on any atom is -0.398 e. The lowest BCUT2D eigenvalue weighted by Crippen LogP contribution is -2.04. The summed E-state index contributed by atoms with van der Waals surface area (Å²) < 4.78 is 0. The molecule has 20 heavy (non-hydrogen) atoms. The summed E-state index contributed by atoms with van der Waals surface area (Å²) in [7, 11) is 0. The molecule has 2 rings (SSSR count). The number of hydrogen-bond donors (Lipinski definition) is 1. The van der Waals surface area contributed by atoms with Crippen LogP contribution in [0.3, 0.4) is 0 Å². The van der Waals surface area contributed by atoms with Crippen LogP contribution >= 0.6 is 0 Å². The lowest BCUT2D eigenvalue weighted by atomic mass is 10.0. The Labute approximate surface area is 119 Å². The fourth-order valence-corrected chi connectivity index (χ4v) is 1.45. The van der Waals surface area contributed by atoms with Crippen molar-refractivity contribution in [1.82, 2.24) is 0 Å². The van der Waals surface area contributed by atoms with Crippen LogP contribution in [0.15, 0.2) is 54.6 Å². The van der Waals surface area contributed by atoms with E-state index in [2.05, 4.69) is 0 Å². The zero-order valence-electron chi connectivity index (χ0n) is 11.8. The van der Waals surface area contributed by atoms with Gasteiger partial charge in [0.15, 0.2) is 5.78 Å². The molecule has 0 atom stereocenters. The molecule has 0 bridgehead atoms. The molecule has 0 heterocycles. The molecular formula is C17H19NO2. The molecule has 0 aromatic heterocycles. The molecule has 104 valence electrons. The van der Waals surface area contributed by atoms with Crippen LogP contribution in [-0.4, -0.2) is 11.6 Å². The number of Topliss-reactive ketones (excluding diaryl/α,β-unsaturated/α-hetero) is 1. The van der Waals surface area contributed by atoms with Crippen molar-refractivity contribution in [1.29, 1.82) is 0 Å². The molecule has 0 fully saturated rings. The predicted molar refractivity (Wildman–Crippen MR) is 81.7 cm³/mol. The monoisotopic (exact) mass is 269 g/mol. The van der Waals surface area contributed by atoms with E-state index in [0.717, 1.165) is 0 Å². The topological polar surface area (TPSA) is 60.2 Å². The lowest BCUT2D eigenvalue weighted by molar-refractivity contribution is -0.116. The second-order valence-electron chi connectivity index (χ2n) is 4.34. The third kappa shape index (κ3) is 4.69. The van der Waals surface area contributed by atoms with Crippen molar-refractivity contribution >= 4 is 17.3 Å². The molecule has 0 radical (unpaired) electrons. The number of nitrogens with two attached hydrogens (primary N) is 1. The van der Waals surface area contributed by atoms with Crippen LogP contribution in [0.1, 0.15) is 36.2 Å². The molecule has 0 unspecified atom stereocenters. The average molecular weight is 269 g/mol. The fraction of sp³-hybridized carbons (Fsp3) is 0.176. The number of hydrogen-bond acceptors (Lipinski definition) is 3. The zero-order valence-corrected chi connectivity index (χ0v) is 11.8. The molecule has 0 aliphatic rings. The van der Waals surface area contributed by atoms with E-state index in [1.54, 1.807) is 31.2 Å². The van der Waals surface area contributed by atoms with Crippen molar-refractivity contribution in [2.45, 2.75) is 20.3 Å². The van der Waals surface area contributed by atoms with Crippen LogP contribution in [0.2, 0.25) is 0 Å². The van der Waals surface area contributed by atoms with E-state index >= 15 is 0 Å². The standard InChI is InChI=1S/C13H11NO.C4H8O/c14-12-9-5-4-8-11(12)13(15)10-6-2-1-3-7-10;1-3-4(2)5/h1-9H,14H2;3H2,1-2H3. The van der Waals surface area contributed by atoms with Gasteiger partial charge < -0.3 is 10.5 Å². The second kappa shape index (κ2) is 7.89. The summed E-state index contributed by atoms with van der Waals surface area (Å²) in [5.41, 5.74) is 7.48. The van der Waals surface area contributed by atoms with Gasteiger partial charge in [-0.1, -0.05) is 49.4 Å². The first-order valence-electron chi connectivity index (χ1n) is 6.50. The molecule has 0 aliphatic heterocycles. The maximum absolute atomic E-state index is 12.0. The molecule has 0 aliphatic carbocycles. The number of benzene rings is 2. The minimum atomic E-state index is -0.0336. The average Bonchev–Trinajstić information content (AvgIpc) is 2.48. The summed E-state index contributed by atoms with van der Waals surface area (Å²) in [6.45, 7) is 3.43. The van der Waals surface area contributed by atoms with Gasteiger partial charge >= 0.3 is 0 Å². The third-order valence-electron chi connectivity index (χ3n) is 2.74. The Balaban J connectivity index is 0.000000347. The molecular weight excluding hydrogens is 250 g/mol. The number of ketones is 2. The van der Waals surface area contributed by atoms with Gasteiger partial charge in [0, 0.05) is 23.2 Å². The van der Waals surface area contributed by atoms with Crippen LogP contribution in [0.4, 0.5) is 5.69 Å². The van der Waals surface area contributed by atoms with Gasteiger partial charge in [0.1, 0.15) is 5.78 Å². The second-order valence-corrected chi connectivity index (χ2v) is 4.34. The molecule has 3 nitrogen and oxygen atoms in total. The molecule has 0 amide bonds. The van der Waals surface area contributed by atoms with E-state index < -0.39 is 0 Å². The Morgan fingerprint density at radius 3 is 1.95 bits per heavy atom. The number of para-hydroxylation sites is 1. The van der Waals surface area contributed by atoms with Gasteiger partial charge in [0.2, 0.25) is 0 Å². The van der Waals surface area contributed by atoms with Crippen molar-refractivity contribution in [2.24, 2.45) is 0 Å². The summed E-state index contributed by atoms with van der Waals surface area (Å²) in [6, 6.07) is 16.2.